The number of aromatic nitrogens is 1. The summed E-state index contributed by atoms with van der Waals surface area (Å²) >= 11 is 0. The average Bonchev–Trinajstić information content (AvgIpc) is 3.12. The zero-order chi connectivity index (χ0) is 19.2. The largest absolute Gasteiger partial charge is 0.361 e. The van der Waals surface area contributed by atoms with Crippen LogP contribution < -0.4 is 10.6 Å². The number of carbonyl (C=O) groups is 1. The van der Waals surface area contributed by atoms with Gasteiger partial charge in [-0.15, -0.1) is 0 Å². The molecule has 2 aliphatic rings. The van der Waals surface area contributed by atoms with Gasteiger partial charge in [0.1, 0.15) is 11.3 Å². The molecule has 2 aromatic rings. The third-order valence-corrected chi connectivity index (χ3v) is 6.11. The topological polar surface area (TPSA) is 67.2 Å². The van der Waals surface area contributed by atoms with Crippen LogP contribution in [-0.2, 0) is 10.3 Å². The second-order valence-electron chi connectivity index (χ2n) is 8.36. The SMILES string of the molecule is Cc1noc(C)c1-c1ccc2c(c1)C(NC(C)C)(C1CCCCC1)C(=O)N2. The lowest BCUT2D eigenvalue weighted by molar-refractivity contribution is -0.125. The standard InChI is InChI=1S/C22H29N3O2/c1-13(2)24-22(17-8-6-5-7-9-17)18-12-16(10-11-19(18)23-21(22)26)20-14(3)25-27-15(20)4/h10-13,17,24H,5-9H2,1-4H3,(H,23,26). The van der Waals surface area contributed by atoms with Crippen molar-refractivity contribution in [3.63, 3.8) is 0 Å². The maximum atomic E-state index is 13.3. The van der Waals surface area contributed by atoms with Gasteiger partial charge in [0.2, 0.25) is 5.91 Å². The molecule has 5 nitrogen and oxygen atoms in total. The minimum Gasteiger partial charge on any atom is -0.361 e. The molecule has 1 saturated carbocycles. The molecule has 0 bridgehead atoms. The van der Waals surface area contributed by atoms with E-state index < -0.39 is 5.54 Å². The van der Waals surface area contributed by atoms with Crippen molar-refractivity contribution < 1.29 is 9.32 Å². The van der Waals surface area contributed by atoms with Crippen molar-refractivity contribution in [3.8, 4) is 11.1 Å². The lowest BCUT2D eigenvalue weighted by Crippen LogP contribution is -2.56. The maximum absolute atomic E-state index is 13.3. The number of aryl methyl sites for hydroxylation is 2. The number of amides is 1. The molecule has 1 aliphatic heterocycles. The summed E-state index contributed by atoms with van der Waals surface area (Å²) < 4.78 is 5.37. The van der Waals surface area contributed by atoms with Crippen LogP contribution in [0, 0.1) is 19.8 Å². The molecule has 1 aromatic carbocycles. The van der Waals surface area contributed by atoms with Gasteiger partial charge < -0.3 is 9.84 Å². The second kappa shape index (κ2) is 6.79. The summed E-state index contributed by atoms with van der Waals surface area (Å²) in [6.07, 6.45) is 5.82. The van der Waals surface area contributed by atoms with Gasteiger partial charge >= 0.3 is 0 Å². The average molecular weight is 367 g/mol. The van der Waals surface area contributed by atoms with Gasteiger partial charge in [-0.2, -0.15) is 0 Å². The second-order valence-corrected chi connectivity index (χ2v) is 8.36. The first kappa shape index (κ1) is 18.2. The van der Waals surface area contributed by atoms with Gasteiger partial charge in [-0.25, -0.2) is 0 Å². The van der Waals surface area contributed by atoms with E-state index in [2.05, 4.69) is 41.8 Å². The van der Waals surface area contributed by atoms with E-state index in [-0.39, 0.29) is 11.9 Å². The molecule has 1 aliphatic carbocycles. The van der Waals surface area contributed by atoms with Crippen molar-refractivity contribution in [2.24, 2.45) is 5.92 Å². The first-order valence-electron chi connectivity index (χ1n) is 10.1. The van der Waals surface area contributed by atoms with Gasteiger partial charge in [0, 0.05) is 22.9 Å². The van der Waals surface area contributed by atoms with Crippen LogP contribution in [-0.4, -0.2) is 17.1 Å². The zero-order valence-electron chi connectivity index (χ0n) is 16.7. The van der Waals surface area contributed by atoms with E-state index in [0.29, 0.717) is 5.92 Å². The van der Waals surface area contributed by atoms with Crippen molar-refractivity contribution in [2.75, 3.05) is 5.32 Å². The predicted molar refractivity (Wildman–Crippen MR) is 107 cm³/mol. The van der Waals surface area contributed by atoms with Gasteiger partial charge in [-0.05, 0) is 64.2 Å². The molecule has 0 spiro atoms. The lowest BCUT2D eigenvalue weighted by atomic mass is 9.70. The minimum atomic E-state index is -0.654. The molecule has 1 fully saturated rings. The van der Waals surface area contributed by atoms with Crippen LogP contribution in [0.25, 0.3) is 11.1 Å². The molecule has 27 heavy (non-hydrogen) atoms. The molecule has 1 aromatic heterocycles. The fraction of sp³-hybridized carbons (Fsp3) is 0.545. The number of fused-ring (bicyclic) bond motifs is 1. The van der Waals surface area contributed by atoms with Crippen molar-refractivity contribution in [2.45, 2.75) is 71.4 Å². The van der Waals surface area contributed by atoms with E-state index in [9.17, 15) is 4.79 Å². The number of nitrogens with zero attached hydrogens (tertiary/aromatic N) is 1. The highest BCUT2D eigenvalue weighted by atomic mass is 16.5. The fourth-order valence-electron chi connectivity index (χ4n) is 5.03. The Morgan fingerprint density at radius 1 is 1.22 bits per heavy atom. The monoisotopic (exact) mass is 367 g/mol. The Morgan fingerprint density at radius 3 is 2.59 bits per heavy atom. The Hall–Kier alpha value is -2.14. The Morgan fingerprint density at radius 2 is 1.96 bits per heavy atom. The minimum absolute atomic E-state index is 0.0917. The Labute approximate surface area is 160 Å². The lowest BCUT2D eigenvalue weighted by Gasteiger charge is -2.40. The molecule has 5 heteroatoms. The number of hydrogen-bond acceptors (Lipinski definition) is 4. The van der Waals surface area contributed by atoms with Gasteiger partial charge in [0.25, 0.3) is 0 Å². The van der Waals surface area contributed by atoms with Crippen LogP contribution in [0.3, 0.4) is 0 Å². The Bertz CT molecular complexity index is 845. The van der Waals surface area contributed by atoms with Crippen LogP contribution in [0.1, 0.15) is 63.0 Å². The number of anilines is 1. The highest BCUT2D eigenvalue weighted by Gasteiger charge is 2.52. The summed E-state index contributed by atoms with van der Waals surface area (Å²) in [7, 11) is 0. The molecule has 1 unspecified atom stereocenters. The number of rotatable bonds is 4. The molecule has 2 N–H and O–H groups in total. The normalized spacial score (nSPS) is 22.9. The summed E-state index contributed by atoms with van der Waals surface area (Å²) in [4.78, 5) is 13.3. The first-order chi connectivity index (χ1) is 12.9. The van der Waals surface area contributed by atoms with E-state index in [1.807, 2.05) is 19.9 Å². The molecule has 144 valence electrons. The fourth-order valence-corrected chi connectivity index (χ4v) is 5.03. The van der Waals surface area contributed by atoms with E-state index in [1.54, 1.807) is 0 Å². The molecular weight excluding hydrogens is 338 g/mol. The van der Waals surface area contributed by atoms with Gasteiger partial charge in [-0.3, -0.25) is 10.1 Å². The summed E-state index contributed by atoms with van der Waals surface area (Å²) in [6, 6.07) is 6.47. The van der Waals surface area contributed by atoms with E-state index in [1.165, 1.54) is 19.3 Å². The molecule has 0 radical (unpaired) electrons. The molecule has 1 atom stereocenters. The molecule has 1 amide bonds. The van der Waals surface area contributed by atoms with Crippen LogP contribution in [0.5, 0.6) is 0 Å². The molecule has 2 heterocycles. The van der Waals surface area contributed by atoms with E-state index in [0.717, 1.165) is 46.7 Å². The predicted octanol–water partition coefficient (Wildman–Crippen LogP) is 4.68. The third-order valence-electron chi connectivity index (χ3n) is 6.11. The Balaban J connectivity index is 1.87. The van der Waals surface area contributed by atoms with Crippen LogP contribution in [0.2, 0.25) is 0 Å². The maximum Gasteiger partial charge on any atom is 0.249 e. The van der Waals surface area contributed by atoms with Crippen LogP contribution >= 0.6 is 0 Å². The number of carbonyl (C=O) groups excluding carboxylic acids is 1. The Kier molecular flexibility index (Phi) is 4.58. The van der Waals surface area contributed by atoms with Gasteiger partial charge in [-0.1, -0.05) is 30.5 Å². The summed E-state index contributed by atoms with van der Waals surface area (Å²) in [5, 5.41) is 10.9. The summed E-state index contributed by atoms with van der Waals surface area (Å²) in [5.41, 5.74) is 4.31. The molecule has 0 saturated heterocycles. The highest BCUT2D eigenvalue weighted by Crippen LogP contribution is 2.48. The highest BCUT2D eigenvalue weighted by molar-refractivity contribution is 6.06. The smallest absolute Gasteiger partial charge is 0.249 e. The zero-order valence-corrected chi connectivity index (χ0v) is 16.7. The summed E-state index contributed by atoms with van der Waals surface area (Å²) in [5.74, 6) is 1.22. The van der Waals surface area contributed by atoms with E-state index in [4.69, 9.17) is 4.52 Å². The van der Waals surface area contributed by atoms with Crippen molar-refractivity contribution in [3.05, 3.63) is 35.2 Å². The van der Waals surface area contributed by atoms with Crippen molar-refractivity contribution in [1.29, 1.82) is 0 Å². The third kappa shape index (κ3) is 2.89. The van der Waals surface area contributed by atoms with Gasteiger partial charge in [0.15, 0.2) is 0 Å². The number of benzene rings is 1. The van der Waals surface area contributed by atoms with Gasteiger partial charge in [0.05, 0.1) is 5.69 Å². The van der Waals surface area contributed by atoms with Crippen LogP contribution in [0.4, 0.5) is 5.69 Å². The first-order valence-corrected chi connectivity index (χ1v) is 10.1. The molecular formula is C22H29N3O2. The summed E-state index contributed by atoms with van der Waals surface area (Å²) in [6.45, 7) is 8.14. The van der Waals surface area contributed by atoms with Crippen LogP contribution in [0.15, 0.2) is 22.7 Å². The van der Waals surface area contributed by atoms with Crippen molar-refractivity contribution in [1.82, 2.24) is 10.5 Å². The number of nitrogens with one attached hydrogen (secondary N) is 2. The van der Waals surface area contributed by atoms with Crippen molar-refractivity contribution >= 4 is 11.6 Å². The molecule has 4 rings (SSSR count). The quantitative estimate of drug-likeness (QED) is 0.823. The number of hydrogen-bond donors (Lipinski definition) is 2. The van der Waals surface area contributed by atoms with E-state index >= 15 is 0 Å².